The molecule has 0 aliphatic carbocycles. The summed E-state index contributed by atoms with van der Waals surface area (Å²) >= 11 is 0. The summed E-state index contributed by atoms with van der Waals surface area (Å²) in [6, 6.07) is 6.36. The molecule has 0 radical (unpaired) electrons. The number of amides is 2. The summed E-state index contributed by atoms with van der Waals surface area (Å²) in [4.78, 5) is 23.4. The second kappa shape index (κ2) is 8.97. The minimum Gasteiger partial charge on any atom is -0.508 e. The molecule has 0 heterocycles. The van der Waals surface area contributed by atoms with Crippen LogP contribution < -0.4 is 10.9 Å². The van der Waals surface area contributed by atoms with E-state index in [1.54, 1.807) is 37.3 Å². The van der Waals surface area contributed by atoms with Crippen LogP contribution in [-0.2, 0) is 9.59 Å². The predicted octanol–water partition coefficient (Wildman–Crippen LogP) is 2.24. The minimum absolute atomic E-state index is 0.152. The highest BCUT2D eigenvalue weighted by atomic mass is 16.3. The van der Waals surface area contributed by atoms with E-state index in [4.69, 9.17) is 5.11 Å². The lowest BCUT2D eigenvalue weighted by atomic mass is 10.2. The van der Waals surface area contributed by atoms with Gasteiger partial charge in [0, 0.05) is 11.6 Å². The molecule has 3 N–H and O–H groups in total. The molecule has 1 rings (SSSR count). The molecular weight excluding hydrogens is 280 g/mol. The van der Waals surface area contributed by atoms with Gasteiger partial charge in [0.2, 0.25) is 0 Å². The minimum atomic E-state index is -0.472. The van der Waals surface area contributed by atoms with E-state index in [1.807, 2.05) is 0 Å². The number of aromatic hydroxyl groups is 1. The van der Waals surface area contributed by atoms with Crippen molar-refractivity contribution in [1.82, 2.24) is 10.9 Å². The Kier molecular flexibility index (Phi) is 6.92. The fourth-order valence-electron chi connectivity index (χ4n) is 1.50. The van der Waals surface area contributed by atoms with E-state index in [1.165, 1.54) is 30.4 Å². The standard InChI is InChI=1S/C17H18N2O3/c1-3-5-14(6-4-2)17(22)19-18-16(21)12-9-13-7-10-15(20)11-8-13/h3-12,20H,1H2,2H3,(H,18,21)(H,19,22)/b6-4-,12-9+,14-5+. The smallest absolute Gasteiger partial charge is 0.269 e. The number of rotatable bonds is 5. The number of hydrazine groups is 1. The monoisotopic (exact) mass is 298 g/mol. The van der Waals surface area contributed by atoms with Crippen molar-refractivity contribution in [3.8, 4) is 5.75 Å². The molecule has 1 aromatic carbocycles. The molecule has 0 saturated heterocycles. The molecule has 114 valence electrons. The Morgan fingerprint density at radius 2 is 1.82 bits per heavy atom. The number of phenols is 1. The van der Waals surface area contributed by atoms with E-state index >= 15 is 0 Å². The Hall–Kier alpha value is -3.08. The van der Waals surface area contributed by atoms with E-state index in [0.29, 0.717) is 5.57 Å². The molecule has 0 spiro atoms. The van der Waals surface area contributed by atoms with Gasteiger partial charge in [0.25, 0.3) is 11.8 Å². The SMILES string of the molecule is C=C/C=C(\C=C/C)C(=O)NNC(=O)/C=C/c1ccc(O)cc1. The molecule has 5 heteroatoms. The van der Waals surface area contributed by atoms with Crippen molar-refractivity contribution in [2.75, 3.05) is 0 Å². The Balaban J connectivity index is 2.55. The van der Waals surface area contributed by atoms with Crippen LogP contribution >= 0.6 is 0 Å². The van der Waals surface area contributed by atoms with E-state index in [2.05, 4.69) is 17.4 Å². The number of benzene rings is 1. The van der Waals surface area contributed by atoms with Crippen LogP contribution in [0, 0.1) is 0 Å². The summed E-state index contributed by atoms with van der Waals surface area (Å²) in [7, 11) is 0. The quantitative estimate of drug-likeness (QED) is 0.443. The van der Waals surface area contributed by atoms with Crippen molar-refractivity contribution in [1.29, 1.82) is 0 Å². The first kappa shape index (κ1) is 17.0. The van der Waals surface area contributed by atoms with Crippen LogP contribution in [-0.4, -0.2) is 16.9 Å². The van der Waals surface area contributed by atoms with Crippen LogP contribution in [0.2, 0.25) is 0 Å². The highest BCUT2D eigenvalue weighted by Gasteiger charge is 2.05. The highest BCUT2D eigenvalue weighted by molar-refractivity contribution is 5.99. The van der Waals surface area contributed by atoms with Gasteiger partial charge in [-0.15, -0.1) is 0 Å². The van der Waals surface area contributed by atoms with Gasteiger partial charge in [0.1, 0.15) is 5.75 Å². The summed E-state index contributed by atoms with van der Waals surface area (Å²) < 4.78 is 0. The average molecular weight is 298 g/mol. The Labute approximate surface area is 129 Å². The lowest BCUT2D eigenvalue weighted by Crippen LogP contribution is -2.41. The van der Waals surface area contributed by atoms with Crippen molar-refractivity contribution in [3.63, 3.8) is 0 Å². The van der Waals surface area contributed by atoms with Gasteiger partial charge in [-0.05, 0) is 36.8 Å². The summed E-state index contributed by atoms with van der Waals surface area (Å²) in [6.07, 6.45) is 9.18. The van der Waals surface area contributed by atoms with Crippen molar-refractivity contribution < 1.29 is 14.7 Å². The van der Waals surface area contributed by atoms with Crippen molar-refractivity contribution >= 4 is 17.9 Å². The molecule has 0 bridgehead atoms. The molecular formula is C17H18N2O3. The van der Waals surface area contributed by atoms with Gasteiger partial charge in [-0.2, -0.15) is 0 Å². The molecule has 5 nitrogen and oxygen atoms in total. The van der Waals surface area contributed by atoms with Gasteiger partial charge in [-0.3, -0.25) is 20.4 Å². The first-order valence-corrected chi connectivity index (χ1v) is 6.59. The topological polar surface area (TPSA) is 78.4 Å². The van der Waals surface area contributed by atoms with Crippen molar-refractivity contribution in [2.45, 2.75) is 6.92 Å². The number of allylic oxidation sites excluding steroid dienone is 3. The van der Waals surface area contributed by atoms with E-state index < -0.39 is 11.8 Å². The summed E-state index contributed by atoms with van der Waals surface area (Å²) in [5, 5.41) is 9.15. The van der Waals surface area contributed by atoms with E-state index in [-0.39, 0.29) is 5.75 Å². The second-order valence-electron chi connectivity index (χ2n) is 4.23. The Bertz CT molecular complexity index is 626. The summed E-state index contributed by atoms with van der Waals surface area (Å²) in [5.41, 5.74) is 5.70. The number of nitrogens with one attached hydrogen (secondary N) is 2. The van der Waals surface area contributed by atoms with Gasteiger partial charge >= 0.3 is 0 Å². The lowest BCUT2D eigenvalue weighted by molar-refractivity contribution is -0.124. The van der Waals surface area contributed by atoms with Crippen molar-refractivity contribution in [2.24, 2.45) is 0 Å². The summed E-state index contributed by atoms with van der Waals surface area (Å²) in [5.74, 6) is -0.761. The molecule has 0 saturated carbocycles. The van der Waals surface area contributed by atoms with Gasteiger partial charge in [-0.1, -0.05) is 36.9 Å². The van der Waals surface area contributed by atoms with Crippen LogP contribution in [0.1, 0.15) is 12.5 Å². The maximum absolute atomic E-state index is 11.8. The van der Waals surface area contributed by atoms with Crippen LogP contribution in [0.5, 0.6) is 5.75 Å². The zero-order valence-electron chi connectivity index (χ0n) is 12.2. The lowest BCUT2D eigenvalue weighted by Gasteiger charge is -2.05. The molecule has 1 aromatic rings. The molecule has 2 amide bonds. The first-order valence-electron chi connectivity index (χ1n) is 6.59. The second-order valence-corrected chi connectivity index (χ2v) is 4.23. The maximum atomic E-state index is 11.8. The van der Waals surface area contributed by atoms with Gasteiger partial charge in [0.05, 0.1) is 0 Å². The van der Waals surface area contributed by atoms with E-state index in [9.17, 15) is 9.59 Å². The third kappa shape index (κ3) is 5.92. The fraction of sp³-hybridized carbons (Fsp3) is 0.0588. The third-order valence-corrected chi connectivity index (χ3v) is 2.53. The average Bonchev–Trinajstić information content (AvgIpc) is 2.52. The number of hydrogen-bond acceptors (Lipinski definition) is 3. The number of carbonyl (C=O) groups excluding carboxylic acids is 2. The number of carbonyl (C=O) groups is 2. The predicted molar refractivity (Wildman–Crippen MR) is 86.5 cm³/mol. The third-order valence-electron chi connectivity index (χ3n) is 2.53. The molecule has 0 fully saturated rings. The van der Waals surface area contributed by atoms with Gasteiger partial charge in [0.15, 0.2) is 0 Å². The van der Waals surface area contributed by atoms with Crippen LogP contribution in [0.25, 0.3) is 6.08 Å². The Morgan fingerprint density at radius 1 is 1.14 bits per heavy atom. The maximum Gasteiger partial charge on any atom is 0.269 e. The molecule has 0 unspecified atom stereocenters. The highest BCUT2D eigenvalue weighted by Crippen LogP contribution is 2.10. The zero-order valence-corrected chi connectivity index (χ0v) is 12.2. The molecule has 0 atom stereocenters. The fourth-order valence-corrected chi connectivity index (χ4v) is 1.50. The van der Waals surface area contributed by atoms with Gasteiger partial charge < -0.3 is 5.11 Å². The summed E-state index contributed by atoms with van der Waals surface area (Å²) in [6.45, 7) is 5.30. The van der Waals surface area contributed by atoms with Crippen molar-refractivity contribution in [3.05, 3.63) is 72.4 Å². The van der Waals surface area contributed by atoms with Gasteiger partial charge in [-0.25, -0.2) is 0 Å². The van der Waals surface area contributed by atoms with E-state index in [0.717, 1.165) is 5.56 Å². The first-order chi connectivity index (χ1) is 10.6. The Morgan fingerprint density at radius 3 is 2.41 bits per heavy atom. The molecule has 0 aliphatic rings. The normalized spacial score (nSPS) is 11.6. The number of hydrogen-bond donors (Lipinski definition) is 3. The number of phenolic OH excluding ortho intramolecular Hbond substituents is 1. The van der Waals surface area contributed by atoms with Crippen LogP contribution in [0.15, 0.2) is 66.8 Å². The molecule has 0 aliphatic heterocycles. The van der Waals surface area contributed by atoms with Crippen LogP contribution in [0.4, 0.5) is 0 Å². The van der Waals surface area contributed by atoms with Crippen LogP contribution in [0.3, 0.4) is 0 Å². The molecule has 22 heavy (non-hydrogen) atoms. The zero-order chi connectivity index (χ0) is 16.4. The largest absolute Gasteiger partial charge is 0.508 e. The molecule has 0 aromatic heterocycles.